The van der Waals surface area contributed by atoms with Crippen LogP contribution in [0.1, 0.15) is 52.9 Å². The van der Waals surface area contributed by atoms with Gasteiger partial charge in [0.05, 0.1) is 0 Å². The molecule has 2 aliphatic rings. The van der Waals surface area contributed by atoms with Crippen molar-refractivity contribution in [3.8, 4) is 0 Å². The smallest absolute Gasteiger partial charge is 0.00781 e. The Bertz CT molecular complexity index is 287. The Morgan fingerprint density at radius 2 is 2.17 bits per heavy atom. The Kier molecular flexibility index (Phi) is 5.62. The number of thioether (sulfide) groups is 1. The van der Waals surface area contributed by atoms with E-state index in [1.165, 1.54) is 44.4 Å². The molecule has 0 radical (unpaired) electrons. The molecule has 0 saturated heterocycles. The highest BCUT2D eigenvalue weighted by atomic mass is 32.2. The molecule has 0 aromatic heterocycles. The van der Waals surface area contributed by atoms with Gasteiger partial charge in [-0.25, -0.2) is 0 Å². The zero-order chi connectivity index (χ0) is 13.0. The molecule has 104 valence electrons. The molecular weight excluding hydrogens is 238 g/mol. The maximum absolute atomic E-state index is 3.84. The molecule has 2 aliphatic carbocycles. The monoisotopic (exact) mass is 267 g/mol. The first-order valence-corrected chi connectivity index (χ1v) is 8.74. The summed E-state index contributed by atoms with van der Waals surface area (Å²) in [5, 5.41) is 4.77. The molecular formula is C16H29NS. The molecule has 1 nitrogen and oxygen atoms in total. The Morgan fingerprint density at radius 3 is 2.89 bits per heavy atom. The molecule has 18 heavy (non-hydrogen) atoms. The predicted molar refractivity (Wildman–Crippen MR) is 83.2 cm³/mol. The Labute approximate surface area is 117 Å². The molecule has 1 N–H and O–H groups in total. The van der Waals surface area contributed by atoms with Crippen LogP contribution >= 0.6 is 11.8 Å². The van der Waals surface area contributed by atoms with E-state index >= 15 is 0 Å². The van der Waals surface area contributed by atoms with Crippen LogP contribution < -0.4 is 5.32 Å². The first-order valence-electron chi connectivity index (χ1n) is 7.69. The topological polar surface area (TPSA) is 12.0 Å². The van der Waals surface area contributed by atoms with E-state index in [-0.39, 0.29) is 0 Å². The molecule has 0 aromatic rings. The van der Waals surface area contributed by atoms with Gasteiger partial charge in [-0.3, -0.25) is 0 Å². The minimum atomic E-state index is 0.789. The van der Waals surface area contributed by atoms with Crippen LogP contribution in [-0.4, -0.2) is 23.6 Å². The van der Waals surface area contributed by atoms with E-state index in [0.717, 1.165) is 23.1 Å². The van der Waals surface area contributed by atoms with Crippen molar-refractivity contribution < 1.29 is 0 Å². The summed E-state index contributed by atoms with van der Waals surface area (Å²) in [5.41, 5.74) is 1.60. The fourth-order valence-corrected chi connectivity index (χ4v) is 4.83. The second-order valence-electron chi connectivity index (χ2n) is 6.29. The largest absolute Gasteiger partial charge is 0.314 e. The average molecular weight is 267 g/mol. The molecule has 0 aliphatic heterocycles. The fourth-order valence-electron chi connectivity index (χ4n) is 3.69. The van der Waals surface area contributed by atoms with E-state index in [9.17, 15) is 0 Å². The van der Waals surface area contributed by atoms with Crippen molar-refractivity contribution in [2.45, 2.75) is 64.2 Å². The Balaban J connectivity index is 1.68. The number of allylic oxidation sites excluding steroid dienone is 2. The van der Waals surface area contributed by atoms with E-state index in [1.807, 2.05) is 0 Å². The first-order chi connectivity index (χ1) is 8.67. The minimum absolute atomic E-state index is 0.789. The molecule has 2 rings (SSSR count). The van der Waals surface area contributed by atoms with Gasteiger partial charge in [-0.1, -0.05) is 25.5 Å². The SMILES string of the molecule is CCSC1CCC(NCC2CC(C)=CC(C)C2)C1. The first kappa shape index (κ1) is 14.5. The van der Waals surface area contributed by atoms with Gasteiger partial charge in [0.1, 0.15) is 0 Å². The summed E-state index contributed by atoms with van der Waals surface area (Å²) in [7, 11) is 0. The van der Waals surface area contributed by atoms with Gasteiger partial charge >= 0.3 is 0 Å². The molecule has 4 unspecified atom stereocenters. The number of nitrogens with one attached hydrogen (secondary N) is 1. The van der Waals surface area contributed by atoms with Crippen LogP contribution in [0.5, 0.6) is 0 Å². The van der Waals surface area contributed by atoms with Gasteiger partial charge in [0.2, 0.25) is 0 Å². The fraction of sp³-hybridized carbons (Fsp3) is 0.875. The summed E-state index contributed by atoms with van der Waals surface area (Å²) >= 11 is 2.16. The van der Waals surface area contributed by atoms with Gasteiger partial charge in [0.25, 0.3) is 0 Å². The van der Waals surface area contributed by atoms with Gasteiger partial charge in [0, 0.05) is 11.3 Å². The van der Waals surface area contributed by atoms with Crippen molar-refractivity contribution in [2.75, 3.05) is 12.3 Å². The highest BCUT2D eigenvalue weighted by Gasteiger charge is 2.25. The molecule has 0 aromatic carbocycles. The second-order valence-corrected chi connectivity index (χ2v) is 7.87. The van der Waals surface area contributed by atoms with Gasteiger partial charge in [0.15, 0.2) is 0 Å². The third-order valence-corrected chi connectivity index (χ3v) is 5.60. The predicted octanol–water partition coefficient (Wildman–Crippen LogP) is 4.24. The highest BCUT2D eigenvalue weighted by molar-refractivity contribution is 7.99. The lowest BCUT2D eigenvalue weighted by molar-refractivity contribution is 0.360. The van der Waals surface area contributed by atoms with Crippen molar-refractivity contribution in [2.24, 2.45) is 11.8 Å². The lowest BCUT2D eigenvalue weighted by Gasteiger charge is -2.27. The molecule has 1 fully saturated rings. The van der Waals surface area contributed by atoms with Gasteiger partial charge < -0.3 is 5.32 Å². The number of hydrogen-bond donors (Lipinski definition) is 1. The molecule has 0 amide bonds. The third-order valence-electron chi connectivity index (χ3n) is 4.37. The van der Waals surface area contributed by atoms with E-state index in [4.69, 9.17) is 0 Å². The average Bonchev–Trinajstić information content (AvgIpc) is 2.74. The van der Waals surface area contributed by atoms with Crippen LogP contribution in [0, 0.1) is 11.8 Å². The molecule has 0 spiro atoms. The normalized spacial score (nSPS) is 36.7. The van der Waals surface area contributed by atoms with Crippen LogP contribution in [0.3, 0.4) is 0 Å². The lowest BCUT2D eigenvalue weighted by atomic mass is 9.83. The summed E-state index contributed by atoms with van der Waals surface area (Å²) in [4.78, 5) is 0. The standard InChI is InChI=1S/C16H29NS/c1-4-18-16-6-5-15(10-16)17-11-14-8-12(2)7-13(3)9-14/h7,12,14-17H,4-6,8-11H2,1-3H3. The highest BCUT2D eigenvalue weighted by Crippen LogP contribution is 2.31. The van der Waals surface area contributed by atoms with Crippen molar-refractivity contribution in [1.82, 2.24) is 5.32 Å². The second kappa shape index (κ2) is 7.00. The minimum Gasteiger partial charge on any atom is -0.314 e. The van der Waals surface area contributed by atoms with E-state index in [0.29, 0.717) is 0 Å². The zero-order valence-corrected chi connectivity index (χ0v) is 13.1. The van der Waals surface area contributed by atoms with Gasteiger partial charge in [-0.2, -0.15) is 11.8 Å². The summed E-state index contributed by atoms with van der Waals surface area (Å²) in [6, 6.07) is 0.801. The quantitative estimate of drug-likeness (QED) is 0.748. The summed E-state index contributed by atoms with van der Waals surface area (Å²) < 4.78 is 0. The molecule has 0 heterocycles. The Morgan fingerprint density at radius 1 is 1.33 bits per heavy atom. The van der Waals surface area contributed by atoms with Crippen molar-refractivity contribution in [3.63, 3.8) is 0 Å². The van der Waals surface area contributed by atoms with Crippen LogP contribution in [-0.2, 0) is 0 Å². The van der Waals surface area contributed by atoms with Crippen LogP contribution in [0.15, 0.2) is 11.6 Å². The maximum atomic E-state index is 3.84. The maximum Gasteiger partial charge on any atom is 0.00781 e. The number of rotatable bonds is 5. The van der Waals surface area contributed by atoms with Crippen LogP contribution in [0.25, 0.3) is 0 Å². The van der Waals surface area contributed by atoms with Crippen LogP contribution in [0.4, 0.5) is 0 Å². The van der Waals surface area contributed by atoms with E-state index in [2.05, 4.69) is 43.9 Å². The molecule has 1 saturated carbocycles. The van der Waals surface area contributed by atoms with E-state index < -0.39 is 0 Å². The molecule has 4 atom stereocenters. The Hall–Kier alpha value is 0.0500. The lowest BCUT2D eigenvalue weighted by Crippen LogP contribution is -2.33. The van der Waals surface area contributed by atoms with Gasteiger partial charge in [-0.15, -0.1) is 0 Å². The zero-order valence-electron chi connectivity index (χ0n) is 12.2. The van der Waals surface area contributed by atoms with Crippen LogP contribution in [0.2, 0.25) is 0 Å². The molecule has 0 bridgehead atoms. The van der Waals surface area contributed by atoms with E-state index in [1.54, 1.807) is 5.57 Å². The van der Waals surface area contributed by atoms with Crippen molar-refractivity contribution in [1.29, 1.82) is 0 Å². The number of hydrogen-bond acceptors (Lipinski definition) is 2. The third kappa shape index (κ3) is 4.31. The summed E-state index contributed by atoms with van der Waals surface area (Å²) in [6.45, 7) is 8.18. The molecule has 2 heteroatoms. The summed E-state index contributed by atoms with van der Waals surface area (Å²) in [5.74, 6) is 2.95. The van der Waals surface area contributed by atoms with Gasteiger partial charge in [-0.05, 0) is 63.2 Å². The van der Waals surface area contributed by atoms with Crippen molar-refractivity contribution >= 4 is 11.8 Å². The summed E-state index contributed by atoms with van der Waals surface area (Å²) in [6.07, 6.45) is 9.38. The van der Waals surface area contributed by atoms with Crippen molar-refractivity contribution in [3.05, 3.63) is 11.6 Å².